The van der Waals surface area contributed by atoms with Gasteiger partial charge in [0.05, 0.1) is 11.8 Å². The van der Waals surface area contributed by atoms with E-state index in [-0.39, 0.29) is 5.91 Å². The standard InChI is InChI=1S/C15H20N4O2/c1-11(20)7-9-18(2)15(21)14-8-10-19(17-14)13-5-3-12(16)4-6-13/h3-6,8,10-11,20H,7,9,16H2,1-2H3. The van der Waals surface area contributed by atoms with Crippen LogP contribution in [-0.2, 0) is 0 Å². The monoisotopic (exact) mass is 288 g/mol. The van der Waals surface area contributed by atoms with Crippen molar-refractivity contribution in [1.29, 1.82) is 0 Å². The maximum Gasteiger partial charge on any atom is 0.274 e. The highest BCUT2D eigenvalue weighted by Crippen LogP contribution is 2.11. The minimum Gasteiger partial charge on any atom is -0.399 e. The van der Waals surface area contributed by atoms with Crippen molar-refractivity contribution in [1.82, 2.24) is 14.7 Å². The van der Waals surface area contributed by atoms with E-state index in [1.807, 2.05) is 12.1 Å². The molecule has 1 aromatic heterocycles. The molecule has 6 heteroatoms. The third kappa shape index (κ3) is 3.82. The third-order valence-electron chi connectivity index (χ3n) is 3.19. The molecule has 0 aliphatic carbocycles. The van der Waals surface area contributed by atoms with Gasteiger partial charge in [0.25, 0.3) is 5.91 Å². The average molecular weight is 288 g/mol. The lowest BCUT2D eigenvalue weighted by Gasteiger charge is -2.16. The van der Waals surface area contributed by atoms with E-state index >= 15 is 0 Å². The smallest absolute Gasteiger partial charge is 0.274 e. The number of amides is 1. The minimum absolute atomic E-state index is 0.162. The topological polar surface area (TPSA) is 84.4 Å². The lowest BCUT2D eigenvalue weighted by atomic mass is 10.2. The van der Waals surface area contributed by atoms with Crippen molar-refractivity contribution in [2.45, 2.75) is 19.4 Å². The first kappa shape index (κ1) is 15.1. The van der Waals surface area contributed by atoms with Gasteiger partial charge < -0.3 is 15.7 Å². The van der Waals surface area contributed by atoms with Crippen LogP contribution in [0.25, 0.3) is 5.69 Å². The van der Waals surface area contributed by atoms with Crippen LogP contribution in [0.15, 0.2) is 36.5 Å². The number of nitrogens with two attached hydrogens (primary N) is 1. The van der Waals surface area contributed by atoms with Crippen molar-refractivity contribution in [2.75, 3.05) is 19.3 Å². The lowest BCUT2D eigenvalue weighted by molar-refractivity contribution is 0.0763. The summed E-state index contributed by atoms with van der Waals surface area (Å²) in [6, 6.07) is 8.93. The fourth-order valence-electron chi connectivity index (χ4n) is 1.89. The van der Waals surface area contributed by atoms with Crippen LogP contribution in [0.1, 0.15) is 23.8 Å². The largest absolute Gasteiger partial charge is 0.399 e. The van der Waals surface area contributed by atoms with Crippen molar-refractivity contribution in [2.24, 2.45) is 0 Å². The Labute approximate surface area is 123 Å². The summed E-state index contributed by atoms with van der Waals surface area (Å²) in [5.41, 5.74) is 7.54. The van der Waals surface area contributed by atoms with Gasteiger partial charge in [0, 0.05) is 25.5 Å². The number of anilines is 1. The molecule has 6 nitrogen and oxygen atoms in total. The molecule has 112 valence electrons. The Morgan fingerprint density at radius 2 is 2.05 bits per heavy atom. The molecule has 1 heterocycles. The van der Waals surface area contributed by atoms with E-state index in [2.05, 4.69) is 5.10 Å². The molecule has 3 N–H and O–H groups in total. The summed E-state index contributed by atoms with van der Waals surface area (Å²) >= 11 is 0. The Bertz CT molecular complexity index is 604. The zero-order valence-electron chi connectivity index (χ0n) is 12.2. The Morgan fingerprint density at radius 1 is 1.38 bits per heavy atom. The lowest BCUT2D eigenvalue weighted by Crippen LogP contribution is -2.29. The van der Waals surface area contributed by atoms with E-state index in [9.17, 15) is 9.90 Å². The van der Waals surface area contributed by atoms with Crippen molar-refractivity contribution < 1.29 is 9.90 Å². The van der Waals surface area contributed by atoms with Gasteiger partial charge in [-0.2, -0.15) is 5.10 Å². The Morgan fingerprint density at radius 3 is 2.67 bits per heavy atom. The molecule has 1 atom stereocenters. The Hall–Kier alpha value is -2.34. The fourth-order valence-corrected chi connectivity index (χ4v) is 1.89. The van der Waals surface area contributed by atoms with Gasteiger partial charge in [0.2, 0.25) is 0 Å². The Kier molecular flexibility index (Phi) is 4.59. The number of benzene rings is 1. The molecule has 0 bridgehead atoms. The SMILES string of the molecule is CC(O)CCN(C)C(=O)c1ccn(-c2ccc(N)cc2)n1. The van der Waals surface area contributed by atoms with Crippen molar-refractivity contribution >= 4 is 11.6 Å². The molecule has 1 amide bonds. The van der Waals surface area contributed by atoms with Gasteiger partial charge in [-0.1, -0.05) is 0 Å². The van der Waals surface area contributed by atoms with Crippen LogP contribution in [0.2, 0.25) is 0 Å². The van der Waals surface area contributed by atoms with Crippen LogP contribution in [-0.4, -0.2) is 45.4 Å². The van der Waals surface area contributed by atoms with Gasteiger partial charge >= 0.3 is 0 Å². The van der Waals surface area contributed by atoms with Gasteiger partial charge in [-0.25, -0.2) is 4.68 Å². The fraction of sp³-hybridized carbons (Fsp3) is 0.333. The second-order valence-electron chi connectivity index (χ2n) is 5.10. The predicted molar refractivity (Wildman–Crippen MR) is 81.2 cm³/mol. The highest BCUT2D eigenvalue weighted by atomic mass is 16.3. The number of rotatable bonds is 5. The molecule has 0 saturated carbocycles. The summed E-state index contributed by atoms with van der Waals surface area (Å²) < 4.78 is 1.63. The maximum absolute atomic E-state index is 12.2. The number of carbonyl (C=O) groups is 1. The van der Waals surface area contributed by atoms with E-state index < -0.39 is 6.10 Å². The second-order valence-corrected chi connectivity index (χ2v) is 5.10. The molecule has 0 aliphatic rings. The zero-order chi connectivity index (χ0) is 15.4. The summed E-state index contributed by atoms with van der Waals surface area (Å²) in [5.74, 6) is -0.162. The molecule has 2 aromatic rings. The quantitative estimate of drug-likeness (QED) is 0.812. The first-order valence-electron chi connectivity index (χ1n) is 6.82. The Balaban J connectivity index is 2.08. The summed E-state index contributed by atoms with van der Waals surface area (Å²) in [4.78, 5) is 13.8. The maximum atomic E-state index is 12.2. The number of aliphatic hydroxyl groups is 1. The zero-order valence-corrected chi connectivity index (χ0v) is 12.2. The molecule has 1 unspecified atom stereocenters. The van der Waals surface area contributed by atoms with Crippen LogP contribution in [0.4, 0.5) is 5.69 Å². The van der Waals surface area contributed by atoms with Crippen LogP contribution >= 0.6 is 0 Å². The number of aliphatic hydroxyl groups excluding tert-OH is 1. The molecule has 0 aliphatic heterocycles. The molecule has 0 fully saturated rings. The summed E-state index contributed by atoms with van der Waals surface area (Å²) in [6.07, 6.45) is 1.86. The first-order chi connectivity index (χ1) is 9.97. The highest BCUT2D eigenvalue weighted by molar-refractivity contribution is 5.92. The van der Waals surface area contributed by atoms with Gasteiger partial charge in [0.1, 0.15) is 0 Å². The predicted octanol–water partition coefficient (Wildman–Crippen LogP) is 1.30. The molecular formula is C15H20N4O2. The molecule has 0 saturated heterocycles. The van der Waals surface area contributed by atoms with Crippen molar-refractivity contribution in [3.63, 3.8) is 0 Å². The van der Waals surface area contributed by atoms with Crippen molar-refractivity contribution in [3.05, 3.63) is 42.2 Å². The van der Waals surface area contributed by atoms with Crippen LogP contribution in [0.3, 0.4) is 0 Å². The molecular weight excluding hydrogens is 268 g/mol. The number of nitrogen functional groups attached to an aromatic ring is 1. The molecule has 2 rings (SSSR count). The van der Waals surface area contributed by atoms with Crippen LogP contribution in [0.5, 0.6) is 0 Å². The molecule has 0 radical (unpaired) electrons. The van der Waals surface area contributed by atoms with Gasteiger partial charge in [-0.05, 0) is 43.7 Å². The van der Waals surface area contributed by atoms with E-state index in [0.29, 0.717) is 24.3 Å². The van der Waals surface area contributed by atoms with Gasteiger partial charge in [-0.15, -0.1) is 0 Å². The summed E-state index contributed by atoms with van der Waals surface area (Å²) in [6.45, 7) is 2.19. The number of hydrogen-bond donors (Lipinski definition) is 2. The number of hydrogen-bond acceptors (Lipinski definition) is 4. The molecule has 0 spiro atoms. The third-order valence-corrected chi connectivity index (χ3v) is 3.19. The summed E-state index contributed by atoms with van der Waals surface area (Å²) in [5, 5.41) is 13.5. The van der Waals surface area contributed by atoms with E-state index in [1.54, 1.807) is 47.9 Å². The average Bonchev–Trinajstić information content (AvgIpc) is 2.94. The summed E-state index contributed by atoms with van der Waals surface area (Å²) in [7, 11) is 1.70. The van der Waals surface area contributed by atoms with Crippen molar-refractivity contribution in [3.8, 4) is 5.69 Å². The molecule has 21 heavy (non-hydrogen) atoms. The number of aromatic nitrogens is 2. The first-order valence-corrected chi connectivity index (χ1v) is 6.82. The number of nitrogens with zero attached hydrogens (tertiary/aromatic N) is 3. The number of carbonyl (C=O) groups excluding carboxylic acids is 1. The van der Waals surface area contributed by atoms with E-state index in [4.69, 9.17) is 5.73 Å². The van der Waals surface area contributed by atoms with E-state index in [0.717, 1.165) is 5.69 Å². The van der Waals surface area contributed by atoms with Crippen LogP contribution < -0.4 is 5.73 Å². The van der Waals surface area contributed by atoms with Crippen LogP contribution in [0, 0.1) is 0 Å². The molecule has 1 aromatic carbocycles. The normalized spacial score (nSPS) is 12.1. The van der Waals surface area contributed by atoms with E-state index in [1.165, 1.54) is 0 Å². The van der Waals surface area contributed by atoms with Gasteiger partial charge in [0.15, 0.2) is 5.69 Å². The second kappa shape index (κ2) is 6.41. The highest BCUT2D eigenvalue weighted by Gasteiger charge is 2.15. The van der Waals surface area contributed by atoms with Gasteiger partial charge in [-0.3, -0.25) is 4.79 Å². The minimum atomic E-state index is -0.424.